The Kier molecular flexibility index (Phi) is 5.67. The molecule has 0 spiro atoms. The maximum Gasteiger partial charge on any atom is 0.234 e. The summed E-state index contributed by atoms with van der Waals surface area (Å²) < 4.78 is 16.5. The predicted molar refractivity (Wildman–Crippen MR) is 102 cm³/mol. The zero-order chi connectivity index (χ0) is 18.7. The molecule has 1 aromatic heterocycles. The van der Waals surface area contributed by atoms with Gasteiger partial charge in [0.1, 0.15) is 5.82 Å². The van der Waals surface area contributed by atoms with E-state index in [1.54, 1.807) is 13.0 Å². The lowest BCUT2D eigenvalue weighted by molar-refractivity contribution is -0.113. The zero-order valence-electron chi connectivity index (χ0n) is 14.0. The second-order valence-corrected chi connectivity index (χ2v) is 7.48. The number of amides is 1. The Labute approximate surface area is 162 Å². The van der Waals surface area contributed by atoms with Gasteiger partial charge in [0, 0.05) is 9.37 Å². The molecule has 2 aromatic carbocycles. The van der Waals surface area contributed by atoms with Gasteiger partial charge in [0.2, 0.25) is 5.91 Å². The van der Waals surface area contributed by atoms with Gasteiger partial charge in [0.25, 0.3) is 0 Å². The number of aryl methyl sites for hydroxylation is 2. The highest BCUT2D eigenvalue weighted by molar-refractivity contribution is 9.10. The van der Waals surface area contributed by atoms with Crippen molar-refractivity contribution in [1.29, 1.82) is 0 Å². The second kappa shape index (κ2) is 7.96. The average molecular weight is 436 g/mol. The average Bonchev–Trinajstić information content (AvgIpc) is 3.02. The number of anilines is 1. The van der Waals surface area contributed by atoms with Crippen molar-refractivity contribution in [1.82, 2.24) is 20.2 Å². The fraction of sp³-hybridized carbons (Fsp3) is 0.176. The van der Waals surface area contributed by atoms with Crippen LogP contribution in [0.25, 0.3) is 5.69 Å². The van der Waals surface area contributed by atoms with E-state index in [1.807, 2.05) is 25.1 Å². The first-order chi connectivity index (χ1) is 12.4. The third-order valence-corrected chi connectivity index (χ3v) is 5.26. The molecule has 0 saturated carbocycles. The summed E-state index contributed by atoms with van der Waals surface area (Å²) in [6, 6.07) is 10.2. The van der Waals surface area contributed by atoms with E-state index in [0.29, 0.717) is 11.5 Å². The van der Waals surface area contributed by atoms with Crippen LogP contribution in [0.3, 0.4) is 0 Å². The van der Waals surface area contributed by atoms with Gasteiger partial charge >= 0.3 is 0 Å². The van der Waals surface area contributed by atoms with Crippen LogP contribution in [0, 0.1) is 19.7 Å². The van der Waals surface area contributed by atoms with Crippen LogP contribution in [0.1, 0.15) is 11.4 Å². The number of nitrogens with one attached hydrogen (secondary N) is 1. The third-order valence-electron chi connectivity index (χ3n) is 3.59. The quantitative estimate of drug-likeness (QED) is 0.614. The number of nitrogens with zero attached hydrogens (tertiary/aromatic N) is 4. The van der Waals surface area contributed by atoms with Crippen LogP contribution in [0.4, 0.5) is 10.1 Å². The van der Waals surface area contributed by atoms with Gasteiger partial charge in [-0.15, -0.1) is 16.9 Å². The zero-order valence-corrected chi connectivity index (χ0v) is 16.4. The summed E-state index contributed by atoms with van der Waals surface area (Å²) in [6.07, 6.45) is 0. The molecule has 1 amide bonds. The van der Waals surface area contributed by atoms with E-state index in [0.717, 1.165) is 14.9 Å². The van der Waals surface area contributed by atoms with Gasteiger partial charge in [-0.05, 0) is 66.2 Å². The molecule has 0 atom stereocenters. The molecule has 0 bridgehead atoms. The molecule has 1 heterocycles. The van der Waals surface area contributed by atoms with E-state index in [2.05, 4.69) is 36.8 Å². The number of rotatable bonds is 5. The Morgan fingerprint density at radius 2 is 2.08 bits per heavy atom. The van der Waals surface area contributed by atoms with Gasteiger partial charge in [-0.1, -0.05) is 15.9 Å². The van der Waals surface area contributed by atoms with Crippen LogP contribution in [-0.4, -0.2) is 31.9 Å². The van der Waals surface area contributed by atoms with Crippen molar-refractivity contribution < 1.29 is 9.18 Å². The van der Waals surface area contributed by atoms with E-state index in [-0.39, 0.29) is 17.3 Å². The third kappa shape index (κ3) is 4.28. The smallest absolute Gasteiger partial charge is 0.234 e. The minimum Gasteiger partial charge on any atom is -0.323 e. The fourth-order valence-corrected chi connectivity index (χ4v) is 3.60. The van der Waals surface area contributed by atoms with Crippen LogP contribution in [0.15, 0.2) is 45.8 Å². The summed E-state index contributed by atoms with van der Waals surface area (Å²) in [6.45, 7) is 3.71. The van der Waals surface area contributed by atoms with Crippen LogP contribution in [0.2, 0.25) is 0 Å². The van der Waals surface area contributed by atoms with Gasteiger partial charge < -0.3 is 5.32 Å². The van der Waals surface area contributed by atoms with Gasteiger partial charge in [-0.25, -0.2) is 4.39 Å². The number of aromatic nitrogens is 4. The lowest BCUT2D eigenvalue weighted by Gasteiger charge is -2.10. The number of hydrogen-bond acceptors (Lipinski definition) is 5. The molecule has 3 rings (SSSR count). The standard InChI is InChI=1S/C17H15BrFN5OS/c1-10-7-12(18)3-6-16(10)26-9-17(25)20-15-8-13(4-5-14(15)19)24-11(2)21-22-23-24/h3-8H,9H2,1-2H3,(H,20,25). The Balaban J connectivity index is 1.70. The molecule has 0 radical (unpaired) electrons. The minimum atomic E-state index is -0.516. The molecule has 0 fully saturated rings. The van der Waals surface area contributed by atoms with Crippen molar-refractivity contribution in [3.05, 3.63) is 58.1 Å². The number of hydrogen-bond donors (Lipinski definition) is 1. The molecule has 0 aliphatic carbocycles. The molecule has 0 aliphatic rings. The fourth-order valence-electron chi connectivity index (χ4n) is 2.32. The Morgan fingerprint density at radius 1 is 1.27 bits per heavy atom. The largest absolute Gasteiger partial charge is 0.323 e. The van der Waals surface area contributed by atoms with E-state index in [1.165, 1.54) is 28.6 Å². The molecular weight excluding hydrogens is 421 g/mol. The second-order valence-electron chi connectivity index (χ2n) is 5.55. The summed E-state index contributed by atoms with van der Waals surface area (Å²) >= 11 is 4.81. The van der Waals surface area contributed by atoms with Crippen molar-refractivity contribution in [2.24, 2.45) is 0 Å². The SMILES string of the molecule is Cc1cc(Br)ccc1SCC(=O)Nc1cc(-n2nnnc2C)ccc1F. The van der Waals surface area contributed by atoms with Gasteiger partial charge in [-0.3, -0.25) is 4.79 Å². The molecule has 26 heavy (non-hydrogen) atoms. The Morgan fingerprint density at radius 3 is 2.77 bits per heavy atom. The predicted octanol–water partition coefficient (Wildman–Crippen LogP) is 3.91. The monoisotopic (exact) mass is 435 g/mol. The van der Waals surface area contributed by atoms with Crippen LogP contribution in [-0.2, 0) is 4.79 Å². The van der Waals surface area contributed by atoms with Crippen molar-refractivity contribution in [3.63, 3.8) is 0 Å². The first-order valence-corrected chi connectivity index (χ1v) is 9.45. The van der Waals surface area contributed by atoms with Gasteiger partial charge in [0.05, 0.1) is 17.1 Å². The molecule has 1 N–H and O–H groups in total. The molecule has 0 saturated heterocycles. The molecule has 0 aliphatic heterocycles. The van der Waals surface area contributed by atoms with E-state index in [9.17, 15) is 9.18 Å². The van der Waals surface area contributed by atoms with Gasteiger partial charge in [0.15, 0.2) is 5.82 Å². The van der Waals surface area contributed by atoms with E-state index >= 15 is 0 Å². The highest BCUT2D eigenvalue weighted by Gasteiger charge is 2.12. The van der Waals surface area contributed by atoms with Gasteiger partial charge in [-0.2, -0.15) is 4.68 Å². The lowest BCUT2D eigenvalue weighted by atomic mass is 10.2. The Bertz CT molecular complexity index is 962. The number of thioether (sulfide) groups is 1. The molecule has 6 nitrogen and oxygen atoms in total. The molecule has 134 valence electrons. The van der Waals surface area contributed by atoms with E-state index in [4.69, 9.17) is 0 Å². The van der Waals surface area contributed by atoms with Crippen molar-refractivity contribution in [2.45, 2.75) is 18.7 Å². The van der Waals surface area contributed by atoms with Crippen LogP contribution >= 0.6 is 27.7 Å². The topological polar surface area (TPSA) is 72.7 Å². The molecule has 9 heteroatoms. The molecular formula is C17H15BrFN5OS. The van der Waals surface area contributed by atoms with Crippen molar-refractivity contribution >= 4 is 39.3 Å². The number of carbonyl (C=O) groups excluding carboxylic acids is 1. The maximum absolute atomic E-state index is 14.1. The lowest BCUT2D eigenvalue weighted by Crippen LogP contribution is -2.15. The first kappa shape index (κ1) is 18.5. The minimum absolute atomic E-state index is 0.0931. The van der Waals surface area contributed by atoms with Crippen molar-refractivity contribution in [2.75, 3.05) is 11.1 Å². The van der Waals surface area contributed by atoms with E-state index < -0.39 is 5.82 Å². The number of tetrazole rings is 1. The number of halogens is 2. The van der Waals surface area contributed by atoms with Crippen molar-refractivity contribution in [3.8, 4) is 5.69 Å². The highest BCUT2D eigenvalue weighted by Crippen LogP contribution is 2.26. The highest BCUT2D eigenvalue weighted by atomic mass is 79.9. The Hall–Kier alpha value is -2.26. The molecule has 3 aromatic rings. The van der Waals surface area contributed by atoms with Crippen LogP contribution in [0.5, 0.6) is 0 Å². The normalized spacial score (nSPS) is 10.8. The molecule has 0 unspecified atom stereocenters. The number of carbonyl (C=O) groups is 1. The maximum atomic E-state index is 14.1. The number of benzene rings is 2. The summed E-state index contributed by atoms with van der Waals surface area (Å²) in [4.78, 5) is 13.2. The summed E-state index contributed by atoms with van der Waals surface area (Å²) in [5, 5.41) is 13.8. The summed E-state index contributed by atoms with van der Waals surface area (Å²) in [5.74, 6) is -0.0645. The first-order valence-electron chi connectivity index (χ1n) is 7.68. The summed E-state index contributed by atoms with van der Waals surface area (Å²) in [5.41, 5.74) is 1.73. The van der Waals surface area contributed by atoms with Crippen LogP contribution < -0.4 is 5.32 Å². The summed E-state index contributed by atoms with van der Waals surface area (Å²) in [7, 11) is 0.